The van der Waals surface area contributed by atoms with Crippen molar-refractivity contribution in [1.29, 1.82) is 0 Å². The number of para-hydroxylation sites is 1. The first-order chi connectivity index (χ1) is 22.3. The smallest absolute Gasteiger partial charge is 0.338 e. The average molecular weight is 652 g/mol. The van der Waals surface area contributed by atoms with E-state index in [1.165, 1.54) is 0 Å². The Bertz CT molecular complexity index is 1530. The fraction of sp³-hybridized carbons (Fsp3) is 0.472. The summed E-state index contributed by atoms with van der Waals surface area (Å²) in [6, 6.07) is 14.6. The number of benzene rings is 2. The zero-order chi connectivity index (χ0) is 35.4. The SMILES string of the molecule is CC.CC.COc1ccc(-c2cc(C(=O)NCC(C)(C)OCCC(C)(C)C(=O)ON3C(=O)CCC3=O)c3ccccc3n2)cc1OC. The fourth-order valence-electron chi connectivity index (χ4n) is 4.49. The number of ether oxygens (including phenoxy) is 3. The molecule has 1 N–H and O–H groups in total. The van der Waals surface area contributed by atoms with Crippen molar-refractivity contribution in [2.45, 2.75) is 80.3 Å². The van der Waals surface area contributed by atoms with E-state index >= 15 is 0 Å². The van der Waals surface area contributed by atoms with Crippen LogP contribution in [-0.4, -0.2) is 66.7 Å². The number of hydroxylamine groups is 2. The van der Waals surface area contributed by atoms with Gasteiger partial charge in [0.15, 0.2) is 11.5 Å². The first-order valence-corrected chi connectivity index (χ1v) is 16.0. The van der Waals surface area contributed by atoms with Gasteiger partial charge in [-0.3, -0.25) is 14.4 Å². The van der Waals surface area contributed by atoms with Crippen LogP contribution in [0.4, 0.5) is 0 Å². The van der Waals surface area contributed by atoms with Crippen molar-refractivity contribution in [3.8, 4) is 22.8 Å². The number of fused-ring (bicyclic) bond motifs is 1. The standard InChI is InChI=1S/C32H37N3O8.2C2H6/c1-31(2,30(39)43-35-27(36)13-14-28(35)37)15-16-42-32(3,4)19-33-29(38)22-18-24(34-23-10-8-7-9-21(22)23)20-11-12-25(40-5)26(17-20)41-6;2*1-2/h7-12,17-18H,13-16,19H2,1-6H3,(H,33,38);2*1-2H3. The molecule has 4 rings (SSSR count). The molecule has 0 spiro atoms. The highest BCUT2D eigenvalue weighted by molar-refractivity contribution is 6.07. The van der Waals surface area contributed by atoms with Gasteiger partial charge in [-0.2, -0.15) is 0 Å². The normalized spacial score (nSPS) is 12.9. The number of nitrogens with one attached hydrogen (secondary N) is 1. The van der Waals surface area contributed by atoms with Gasteiger partial charge in [0.2, 0.25) is 0 Å². The molecule has 0 atom stereocenters. The molecule has 11 heteroatoms. The van der Waals surface area contributed by atoms with Gasteiger partial charge in [0.05, 0.1) is 42.0 Å². The van der Waals surface area contributed by atoms with Crippen LogP contribution in [-0.2, 0) is 24.0 Å². The van der Waals surface area contributed by atoms with Crippen LogP contribution < -0.4 is 14.8 Å². The highest BCUT2D eigenvalue weighted by Crippen LogP contribution is 2.33. The number of imide groups is 1. The molecule has 2 heterocycles. The van der Waals surface area contributed by atoms with Gasteiger partial charge in [0, 0.05) is 36.9 Å². The first-order valence-electron chi connectivity index (χ1n) is 16.0. The van der Waals surface area contributed by atoms with E-state index in [2.05, 4.69) is 5.32 Å². The van der Waals surface area contributed by atoms with Crippen LogP contribution in [0.15, 0.2) is 48.5 Å². The number of rotatable bonds is 12. The maximum atomic E-state index is 13.5. The second-order valence-corrected chi connectivity index (χ2v) is 11.5. The van der Waals surface area contributed by atoms with E-state index in [-0.39, 0.29) is 38.3 Å². The molecular formula is C36H49N3O8. The highest BCUT2D eigenvalue weighted by atomic mass is 16.7. The van der Waals surface area contributed by atoms with Crippen molar-refractivity contribution < 1.29 is 38.2 Å². The molecule has 256 valence electrons. The van der Waals surface area contributed by atoms with Crippen molar-refractivity contribution in [3.63, 3.8) is 0 Å². The number of hydrogen-bond donors (Lipinski definition) is 1. The van der Waals surface area contributed by atoms with Gasteiger partial charge in [-0.05, 0) is 64.4 Å². The second-order valence-electron chi connectivity index (χ2n) is 11.5. The zero-order valence-corrected chi connectivity index (χ0v) is 29.3. The maximum Gasteiger partial charge on any atom is 0.338 e. The van der Waals surface area contributed by atoms with Crippen LogP contribution in [0.1, 0.15) is 85.0 Å². The highest BCUT2D eigenvalue weighted by Gasteiger charge is 2.38. The summed E-state index contributed by atoms with van der Waals surface area (Å²) >= 11 is 0. The van der Waals surface area contributed by atoms with Gasteiger partial charge >= 0.3 is 5.97 Å². The van der Waals surface area contributed by atoms with E-state index in [0.29, 0.717) is 38.7 Å². The maximum absolute atomic E-state index is 13.5. The summed E-state index contributed by atoms with van der Waals surface area (Å²) in [6.45, 7) is 15.3. The quantitative estimate of drug-likeness (QED) is 0.217. The minimum absolute atomic E-state index is 0.0302. The van der Waals surface area contributed by atoms with E-state index in [9.17, 15) is 19.2 Å². The molecule has 0 bridgehead atoms. The number of pyridine rings is 1. The fourth-order valence-corrected chi connectivity index (χ4v) is 4.49. The molecule has 2 aromatic carbocycles. The summed E-state index contributed by atoms with van der Waals surface area (Å²) in [5, 5.41) is 4.22. The molecule has 3 aromatic rings. The molecule has 11 nitrogen and oxygen atoms in total. The summed E-state index contributed by atoms with van der Waals surface area (Å²) in [5.74, 6) is -0.902. The predicted octanol–water partition coefficient (Wildman–Crippen LogP) is 6.52. The van der Waals surface area contributed by atoms with E-state index in [1.54, 1.807) is 40.2 Å². The molecule has 0 radical (unpaired) electrons. The van der Waals surface area contributed by atoms with Crippen molar-refractivity contribution in [2.24, 2.45) is 5.41 Å². The molecule has 0 aliphatic carbocycles. The summed E-state index contributed by atoms with van der Waals surface area (Å²) < 4.78 is 16.8. The molecule has 1 fully saturated rings. The Morgan fingerprint density at radius 3 is 2.11 bits per heavy atom. The number of hydrogen-bond acceptors (Lipinski definition) is 9. The molecular weight excluding hydrogens is 602 g/mol. The van der Waals surface area contributed by atoms with Crippen LogP contribution in [0, 0.1) is 5.41 Å². The van der Waals surface area contributed by atoms with Gasteiger partial charge in [0.1, 0.15) is 0 Å². The van der Waals surface area contributed by atoms with E-state index in [0.717, 1.165) is 5.56 Å². The second kappa shape index (κ2) is 17.4. The van der Waals surface area contributed by atoms with E-state index < -0.39 is 28.8 Å². The monoisotopic (exact) mass is 651 g/mol. The summed E-state index contributed by atoms with van der Waals surface area (Å²) in [4.78, 5) is 59.6. The number of nitrogens with zero attached hydrogens (tertiary/aromatic N) is 2. The van der Waals surface area contributed by atoms with Crippen LogP contribution in [0.5, 0.6) is 11.5 Å². The van der Waals surface area contributed by atoms with Gasteiger partial charge in [-0.1, -0.05) is 45.9 Å². The Kier molecular flexibility index (Phi) is 14.3. The van der Waals surface area contributed by atoms with Gasteiger partial charge in [0.25, 0.3) is 17.7 Å². The molecule has 0 saturated carbocycles. The van der Waals surface area contributed by atoms with E-state index in [1.807, 2.05) is 77.9 Å². The van der Waals surface area contributed by atoms with Gasteiger partial charge < -0.3 is 24.4 Å². The molecule has 1 aliphatic rings. The molecule has 0 unspecified atom stereocenters. The van der Waals surface area contributed by atoms with E-state index in [4.69, 9.17) is 24.0 Å². The summed E-state index contributed by atoms with van der Waals surface area (Å²) in [7, 11) is 3.12. The average Bonchev–Trinajstić information content (AvgIpc) is 3.40. The topological polar surface area (TPSA) is 133 Å². The predicted molar refractivity (Wildman–Crippen MR) is 181 cm³/mol. The third-order valence-electron chi connectivity index (χ3n) is 7.27. The Balaban J connectivity index is 0.00000185. The Labute approximate surface area is 277 Å². The number of carbonyl (C=O) groups is 4. The molecule has 47 heavy (non-hydrogen) atoms. The Hall–Kier alpha value is -4.51. The lowest BCUT2D eigenvalue weighted by molar-refractivity contribution is -0.205. The Morgan fingerprint density at radius 1 is 0.872 bits per heavy atom. The lowest BCUT2D eigenvalue weighted by Crippen LogP contribution is -2.42. The first kappa shape index (κ1) is 38.7. The molecule has 1 aromatic heterocycles. The van der Waals surface area contributed by atoms with Crippen molar-refractivity contribution in [1.82, 2.24) is 15.4 Å². The summed E-state index contributed by atoms with van der Waals surface area (Å²) in [6.07, 6.45) is 0.327. The minimum Gasteiger partial charge on any atom is -0.493 e. The molecule has 1 aliphatic heterocycles. The van der Waals surface area contributed by atoms with Crippen molar-refractivity contribution in [2.75, 3.05) is 27.4 Å². The van der Waals surface area contributed by atoms with Crippen LogP contribution in [0.25, 0.3) is 22.2 Å². The van der Waals surface area contributed by atoms with Gasteiger partial charge in [-0.15, -0.1) is 5.06 Å². The third-order valence-corrected chi connectivity index (χ3v) is 7.27. The van der Waals surface area contributed by atoms with Crippen LogP contribution in [0.3, 0.4) is 0 Å². The largest absolute Gasteiger partial charge is 0.493 e. The van der Waals surface area contributed by atoms with Crippen LogP contribution >= 0.6 is 0 Å². The Morgan fingerprint density at radius 2 is 1.49 bits per heavy atom. The number of amides is 3. The number of carbonyl (C=O) groups excluding carboxylic acids is 4. The van der Waals surface area contributed by atoms with Gasteiger partial charge in [-0.25, -0.2) is 9.78 Å². The summed E-state index contributed by atoms with van der Waals surface area (Å²) in [5.41, 5.74) is 0.709. The van der Waals surface area contributed by atoms with Crippen LogP contribution in [0.2, 0.25) is 0 Å². The zero-order valence-electron chi connectivity index (χ0n) is 29.3. The lowest BCUT2D eigenvalue weighted by atomic mass is 9.90. The van der Waals surface area contributed by atoms with Crippen molar-refractivity contribution >= 4 is 34.6 Å². The number of methoxy groups -OCH3 is 2. The molecule has 1 saturated heterocycles. The number of aromatic nitrogens is 1. The lowest BCUT2D eigenvalue weighted by Gasteiger charge is -2.29. The third kappa shape index (κ3) is 9.99. The minimum atomic E-state index is -1.01. The van der Waals surface area contributed by atoms with Crippen molar-refractivity contribution in [3.05, 3.63) is 54.1 Å². The molecule has 3 amide bonds.